The van der Waals surface area contributed by atoms with E-state index in [1.807, 2.05) is 0 Å². The van der Waals surface area contributed by atoms with Crippen molar-refractivity contribution < 1.29 is 14.3 Å². The third-order valence-electron chi connectivity index (χ3n) is 2.55. The molecular formula is C12H14ClNO3. The van der Waals surface area contributed by atoms with Crippen LogP contribution in [-0.2, 0) is 9.47 Å². The van der Waals surface area contributed by atoms with Crippen LogP contribution >= 0.6 is 11.6 Å². The molecule has 0 aromatic heterocycles. The van der Waals surface area contributed by atoms with Gasteiger partial charge in [0.1, 0.15) is 6.79 Å². The normalized spacial score (nSPS) is 19.9. The summed E-state index contributed by atoms with van der Waals surface area (Å²) in [6, 6.07) is 6.86. The molecule has 0 spiro atoms. The summed E-state index contributed by atoms with van der Waals surface area (Å²) >= 11 is 5.82. The minimum Gasteiger partial charge on any atom is -0.355 e. The SMILES string of the molecule is O=C(NCC1CCOCO1)c1cccc(Cl)c1. The molecule has 1 aromatic rings. The Morgan fingerprint density at radius 1 is 1.53 bits per heavy atom. The molecule has 0 radical (unpaired) electrons. The minimum absolute atomic E-state index is 0.0342. The van der Waals surface area contributed by atoms with E-state index in [2.05, 4.69) is 5.32 Å². The Balaban J connectivity index is 1.84. The molecule has 4 nitrogen and oxygen atoms in total. The zero-order valence-corrected chi connectivity index (χ0v) is 10.1. The highest BCUT2D eigenvalue weighted by molar-refractivity contribution is 6.30. The summed E-state index contributed by atoms with van der Waals surface area (Å²) in [5.74, 6) is -0.136. The van der Waals surface area contributed by atoms with E-state index in [1.54, 1.807) is 24.3 Å². The second kappa shape index (κ2) is 6.00. The minimum atomic E-state index is -0.136. The lowest BCUT2D eigenvalue weighted by atomic mass is 10.2. The van der Waals surface area contributed by atoms with Gasteiger partial charge in [0.15, 0.2) is 0 Å². The molecule has 0 aliphatic carbocycles. The Labute approximate surface area is 105 Å². The molecule has 1 N–H and O–H groups in total. The highest BCUT2D eigenvalue weighted by atomic mass is 35.5. The van der Waals surface area contributed by atoms with Gasteiger partial charge in [-0.2, -0.15) is 0 Å². The fourth-order valence-electron chi connectivity index (χ4n) is 1.60. The molecule has 1 unspecified atom stereocenters. The van der Waals surface area contributed by atoms with Crippen LogP contribution in [0.4, 0.5) is 0 Å². The van der Waals surface area contributed by atoms with Crippen LogP contribution in [0.1, 0.15) is 16.8 Å². The highest BCUT2D eigenvalue weighted by Gasteiger charge is 2.15. The van der Waals surface area contributed by atoms with E-state index < -0.39 is 0 Å². The second-order valence-corrected chi connectivity index (χ2v) is 4.26. The van der Waals surface area contributed by atoms with Crippen LogP contribution in [0.2, 0.25) is 5.02 Å². The maximum atomic E-state index is 11.8. The van der Waals surface area contributed by atoms with Crippen LogP contribution in [0.5, 0.6) is 0 Å². The van der Waals surface area contributed by atoms with Crippen molar-refractivity contribution in [2.24, 2.45) is 0 Å². The van der Waals surface area contributed by atoms with Crippen LogP contribution in [0.15, 0.2) is 24.3 Å². The quantitative estimate of drug-likeness (QED) is 0.897. The molecule has 0 saturated carbocycles. The van der Waals surface area contributed by atoms with Crippen molar-refractivity contribution in [1.82, 2.24) is 5.32 Å². The number of carbonyl (C=O) groups excluding carboxylic acids is 1. The van der Waals surface area contributed by atoms with E-state index in [-0.39, 0.29) is 12.0 Å². The molecule has 5 heteroatoms. The van der Waals surface area contributed by atoms with Crippen LogP contribution in [0.25, 0.3) is 0 Å². The fourth-order valence-corrected chi connectivity index (χ4v) is 1.79. The topological polar surface area (TPSA) is 47.6 Å². The van der Waals surface area contributed by atoms with Crippen molar-refractivity contribution in [2.45, 2.75) is 12.5 Å². The molecule has 17 heavy (non-hydrogen) atoms. The van der Waals surface area contributed by atoms with Gasteiger partial charge in [-0.05, 0) is 24.6 Å². The van der Waals surface area contributed by atoms with Crippen LogP contribution in [0.3, 0.4) is 0 Å². The van der Waals surface area contributed by atoms with Gasteiger partial charge in [-0.1, -0.05) is 17.7 Å². The molecule has 2 rings (SSSR count). The summed E-state index contributed by atoms with van der Waals surface area (Å²) in [5, 5.41) is 3.37. The van der Waals surface area contributed by atoms with E-state index >= 15 is 0 Å². The zero-order valence-electron chi connectivity index (χ0n) is 9.32. The number of hydrogen-bond acceptors (Lipinski definition) is 3. The largest absolute Gasteiger partial charge is 0.355 e. The summed E-state index contributed by atoms with van der Waals surface area (Å²) in [6.07, 6.45) is 0.836. The number of carbonyl (C=O) groups is 1. The zero-order chi connectivity index (χ0) is 12.1. The number of benzene rings is 1. The van der Waals surface area contributed by atoms with Gasteiger partial charge in [-0.25, -0.2) is 0 Å². The molecular weight excluding hydrogens is 242 g/mol. The lowest BCUT2D eigenvalue weighted by molar-refractivity contribution is -0.136. The Morgan fingerprint density at radius 2 is 2.41 bits per heavy atom. The molecule has 1 fully saturated rings. The van der Waals surface area contributed by atoms with Crippen LogP contribution in [-0.4, -0.2) is 32.0 Å². The number of ether oxygens (including phenoxy) is 2. The molecule has 1 aliphatic rings. The van der Waals surface area contributed by atoms with Gasteiger partial charge in [-0.3, -0.25) is 4.79 Å². The number of hydrogen-bond donors (Lipinski definition) is 1. The smallest absolute Gasteiger partial charge is 0.251 e. The maximum Gasteiger partial charge on any atom is 0.251 e. The van der Waals surface area contributed by atoms with E-state index in [1.165, 1.54) is 0 Å². The fraction of sp³-hybridized carbons (Fsp3) is 0.417. The van der Waals surface area contributed by atoms with Crippen molar-refractivity contribution in [3.8, 4) is 0 Å². The van der Waals surface area contributed by atoms with Gasteiger partial charge in [0, 0.05) is 17.1 Å². The summed E-state index contributed by atoms with van der Waals surface area (Å²) in [7, 11) is 0. The predicted molar refractivity (Wildman–Crippen MR) is 64.1 cm³/mol. The molecule has 0 bridgehead atoms. The summed E-state index contributed by atoms with van der Waals surface area (Å²) in [4.78, 5) is 11.8. The number of halogens is 1. The summed E-state index contributed by atoms with van der Waals surface area (Å²) in [5.41, 5.74) is 0.560. The predicted octanol–water partition coefficient (Wildman–Crippen LogP) is 1.83. The highest BCUT2D eigenvalue weighted by Crippen LogP contribution is 2.11. The first-order valence-corrected chi connectivity index (χ1v) is 5.86. The monoisotopic (exact) mass is 255 g/mol. The van der Waals surface area contributed by atoms with E-state index in [0.717, 1.165) is 6.42 Å². The van der Waals surface area contributed by atoms with Crippen molar-refractivity contribution in [2.75, 3.05) is 19.9 Å². The van der Waals surface area contributed by atoms with Crippen molar-refractivity contribution in [3.05, 3.63) is 34.9 Å². The van der Waals surface area contributed by atoms with Crippen LogP contribution in [0, 0.1) is 0 Å². The van der Waals surface area contributed by atoms with Gasteiger partial charge < -0.3 is 14.8 Å². The van der Waals surface area contributed by atoms with Gasteiger partial charge in [0.25, 0.3) is 5.91 Å². The van der Waals surface area contributed by atoms with Crippen molar-refractivity contribution in [3.63, 3.8) is 0 Å². The Kier molecular flexibility index (Phi) is 4.36. The third kappa shape index (κ3) is 3.70. The van der Waals surface area contributed by atoms with Crippen LogP contribution < -0.4 is 5.32 Å². The molecule has 1 aliphatic heterocycles. The standard InChI is InChI=1S/C12H14ClNO3/c13-10-3-1-2-9(6-10)12(15)14-7-11-4-5-16-8-17-11/h1-3,6,11H,4-5,7-8H2,(H,14,15). The first-order valence-electron chi connectivity index (χ1n) is 5.49. The lowest BCUT2D eigenvalue weighted by Gasteiger charge is -2.22. The van der Waals surface area contributed by atoms with E-state index in [4.69, 9.17) is 21.1 Å². The Bertz CT molecular complexity index is 391. The Hall–Kier alpha value is -1.10. The van der Waals surface area contributed by atoms with E-state index in [9.17, 15) is 4.79 Å². The molecule has 1 atom stereocenters. The van der Waals surface area contributed by atoms with Crippen molar-refractivity contribution in [1.29, 1.82) is 0 Å². The number of amides is 1. The molecule has 1 aromatic carbocycles. The average Bonchev–Trinajstić information content (AvgIpc) is 2.37. The Morgan fingerprint density at radius 3 is 3.12 bits per heavy atom. The second-order valence-electron chi connectivity index (χ2n) is 3.82. The average molecular weight is 256 g/mol. The third-order valence-corrected chi connectivity index (χ3v) is 2.78. The van der Waals surface area contributed by atoms with E-state index in [0.29, 0.717) is 30.5 Å². The first kappa shape index (κ1) is 12.4. The lowest BCUT2D eigenvalue weighted by Crippen LogP contribution is -2.37. The molecule has 92 valence electrons. The first-order chi connectivity index (χ1) is 8.25. The number of nitrogens with one attached hydrogen (secondary N) is 1. The molecule has 1 heterocycles. The van der Waals surface area contributed by atoms with Gasteiger partial charge in [0.05, 0.1) is 12.7 Å². The van der Waals surface area contributed by atoms with Gasteiger partial charge in [-0.15, -0.1) is 0 Å². The van der Waals surface area contributed by atoms with Gasteiger partial charge in [0.2, 0.25) is 0 Å². The summed E-state index contributed by atoms with van der Waals surface area (Å²) < 4.78 is 10.4. The maximum absolute atomic E-state index is 11.8. The molecule has 1 saturated heterocycles. The number of rotatable bonds is 3. The van der Waals surface area contributed by atoms with Gasteiger partial charge >= 0.3 is 0 Å². The molecule has 1 amide bonds. The van der Waals surface area contributed by atoms with Crippen molar-refractivity contribution >= 4 is 17.5 Å². The summed E-state index contributed by atoms with van der Waals surface area (Å²) in [6.45, 7) is 1.48.